The summed E-state index contributed by atoms with van der Waals surface area (Å²) in [5.74, 6) is 0.581. The van der Waals surface area contributed by atoms with Crippen LogP contribution in [0.3, 0.4) is 0 Å². The molecule has 3 aromatic rings. The van der Waals surface area contributed by atoms with Gasteiger partial charge in [0.2, 0.25) is 0 Å². The number of alkyl halides is 3. The lowest BCUT2D eigenvalue weighted by Gasteiger charge is -2.10. The fraction of sp³-hybridized carbons (Fsp3) is 0.235. The molecule has 2 heterocycles. The number of benzene rings is 1. The molecule has 0 unspecified atom stereocenters. The van der Waals surface area contributed by atoms with Gasteiger partial charge in [-0.3, -0.25) is 9.20 Å². The minimum atomic E-state index is -4.48. The normalized spacial score (nSPS) is 11.4. The molecule has 0 bridgehead atoms. The fourth-order valence-corrected chi connectivity index (χ4v) is 2.34. The summed E-state index contributed by atoms with van der Waals surface area (Å²) in [5.41, 5.74) is -0.584. The van der Waals surface area contributed by atoms with Crippen molar-refractivity contribution in [3.63, 3.8) is 0 Å². The first-order valence-corrected chi connectivity index (χ1v) is 7.82. The van der Waals surface area contributed by atoms with E-state index < -0.39 is 17.6 Å². The van der Waals surface area contributed by atoms with Crippen LogP contribution < -0.4 is 14.8 Å². The first-order valence-electron chi connectivity index (χ1n) is 7.82. The second kappa shape index (κ2) is 7.52. The summed E-state index contributed by atoms with van der Waals surface area (Å²) in [6.07, 6.45) is -3.59. The van der Waals surface area contributed by atoms with Crippen LogP contribution in [0.15, 0.2) is 42.6 Å². The van der Waals surface area contributed by atoms with Crippen LogP contribution in [0, 0.1) is 0 Å². The molecule has 0 saturated heterocycles. The number of rotatable bonds is 6. The van der Waals surface area contributed by atoms with Gasteiger partial charge in [0.05, 0.1) is 19.2 Å². The van der Waals surface area contributed by atoms with Gasteiger partial charge >= 0.3 is 6.18 Å². The van der Waals surface area contributed by atoms with Gasteiger partial charge in [0.15, 0.2) is 29.6 Å². The lowest BCUT2D eigenvalue weighted by atomic mass is 10.3. The van der Waals surface area contributed by atoms with E-state index in [1.54, 1.807) is 24.3 Å². The maximum atomic E-state index is 12.8. The van der Waals surface area contributed by atoms with Crippen LogP contribution in [-0.4, -0.2) is 34.2 Å². The minimum Gasteiger partial charge on any atom is -0.493 e. The number of methoxy groups -OCH3 is 1. The zero-order valence-corrected chi connectivity index (χ0v) is 14.2. The van der Waals surface area contributed by atoms with Crippen molar-refractivity contribution in [2.24, 2.45) is 0 Å². The Bertz CT molecular complexity index is 956. The van der Waals surface area contributed by atoms with Crippen molar-refractivity contribution >= 4 is 11.6 Å². The van der Waals surface area contributed by atoms with Crippen LogP contribution in [0.5, 0.6) is 11.5 Å². The van der Waals surface area contributed by atoms with Crippen molar-refractivity contribution < 1.29 is 27.4 Å². The smallest absolute Gasteiger partial charge is 0.417 e. The maximum Gasteiger partial charge on any atom is 0.417 e. The van der Waals surface area contributed by atoms with Gasteiger partial charge in [-0.1, -0.05) is 12.1 Å². The molecule has 1 N–H and O–H groups in total. The van der Waals surface area contributed by atoms with E-state index in [1.165, 1.54) is 17.6 Å². The summed E-state index contributed by atoms with van der Waals surface area (Å²) in [5, 5.41) is 10.1. The molecule has 0 fully saturated rings. The van der Waals surface area contributed by atoms with E-state index in [0.717, 1.165) is 12.3 Å². The number of ether oxygens (including phenoxy) is 2. The second-order valence-electron chi connectivity index (χ2n) is 5.48. The Morgan fingerprint density at radius 3 is 2.59 bits per heavy atom. The quantitative estimate of drug-likeness (QED) is 0.711. The highest BCUT2D eigenvalue weighted by atomic mass is 19.4. The third kappa shape index (κ3) is 4.27. The van der Waals surface area contributed by atoms with Gasteiger partial charge in [0.25, 0.3) is 5.91 Å². The molecule has 7 nitrogen and oxygen atoms in total. The van der Waals surface area contributed by atoms with Crippen molar-refractivity contribution in [1.29, 1.82) is 0 Å². The maximum absolute atomic E-state index is 12.8. The van der Waals surface area contributed by atoms with E-state index >= 15 is 0 Å². The fourth-order valence-electron chi connectivity index (χ4n) is 2.34. The third-order valence-corrected chi connectivity index (χ3v) is 3.67. The van der Waals surface area contributed by atoms with E-state index in [-0.39, 0.29) is 24.6 Å². The van der Waals surface area contributed by atoms with E-state index in [9.17, 15) is 18.0 Å². The summed E-state index contributed by atoms with van der Waals surface area (Å²) in [6.45, 7) is -0.387. The first kappa shape index (κ1) is 18.5. The molecule has 1 amide bonds. The number of hydrogen-bond donors (Lipinski definition) is 1. The number of halogens is 3. The van der Waals surface area contributed by atoms with Crippen molar-refractivity contribution in [3.8, 4) is 11.5 Å². The average molecular weight is 380 g/mol. The zero-order chi connectivity index (χ0) is 19.4. The summed E-state index contributed by atoms with van der Waals surface area (Å²) >= 11 is 0. The van der Waals surface area contributed by atoms with Gasteiger partial charge < -0.3 is 14.8 Å². The average Bonchev–Trinajstić information content (AvgIpc) is 3.06. The first-order chi connectivity index (χ1) is 12.9. The largest absolute Gasteiger partial charge is 0.493 e. The molecule has 3 rings (SSSR count). The predicted molar refractivity (Wildman–Crippen MR) is 88.3 cm³/mol. The molecule has 0 saturated carbocycles. The number of amides is 1. The highest BCUT2D eigenvalue weighted by Gasteiger charge is 2.31. The summed E-state index contributed by atoms with van der Waals surface area (Å²) in [6, 6.07) is 8.97. The summed E-state index contributed by atoms with van der Waals surface area (Å²) < 4.78 is 50.2. The zero-order valence-electron chi connectivity index (χ0n) is 14.2. The Labute approximate surface area is 151 Å². The number of nitrogens with one attached hydrogen (secondary N) is 1. The predicted octanol–water partition coefficient (Wildman–Crippen LogP) is 2.45. The van der Waals surface area contributed by atoms with Crippen molar-refractivity contribution in [2.75, 3.05) is 13.7 Å². The molecular weight excluding hydrogens is 365 g/mol. The molecule has 0 aliphatic rings. The van der Waals surface area contributed by atoms with Gasteiger partial charge in [-0.2, -0.15) is 13.2 Å². The van der Waals surface area contributed by atoms with Gasteiger partial charge in [-0.25, -0.2) is 0 Å². The van der Waals surface area contributed by atoms with Crippen LogP contribution >= 0.6 is 0 Å². The van der Waals surface area contributed by atoms with Crippen LogP contribution in [0.1, 0.15) is 11.4 Å². The molecule has 2 aromatic heterocycles. The van der Waals surface area contributed by atoms with Gasteiger partial charge in [0.1, 0.15) is 0 Å². The molecule has 0 aliphatic heterocycles. The Hall–Kier alpha value is -3.30. The Morgan fingerprint density at radius 2 is 1.89 bits per heavy atom. The number of carbonyl (C=O) groups is 1. The lowest BCUT2D eigenvalue weighted by Crippen LogP contribution is -2.29. The second-order valence-corrected chi connectivity index (χ2v) is 5.48. The number of nitrogens with zero attached hydrogens (tertiary/aromatic N) is 3. The standard InChI is InChI=1S/C17H15F3N4O3/c1-26-12-4-2-3-5-13(12)27-10-16(25)21-8-15-23-22-14-7-6-11(9-24(14)15)17(18,19)20/h2-7,9H,8,10H2,1H3,(H,21,25). The van der Waals surface area contributed by atoms with E-state index in [0.29, 0.717) is 11.5 Å². The summed E-state index contributed by atoms with van der Waals surface area (Å²) in [4.78, 5) is 12.0. The number of pyridine rings is 1. The van der Waals surface area contributed by atoms with Gasteiger partial charge in [-0.05, 0) is 24.3 Å². The molecule has 1 aromatic carbocycles. The molecule has 27 heavy (non-hydrogen) atoms. The van der Waals surface area contributed by atoms with E-state index in [2.05, 4.69) is 15.5 Å². The van der Waals surface area contributed by atoms with E-state index in [1.807, 2.05) is 0 Å². The molecule has 10 heteroatoms. The van der Waals surface area contributed by atoms with Gasteiger partial charge in [0, 0.05) is 6.20 Å². The number of aromatic nitrogens is 3. The van der Waals surface area contributed by atoms with Crippen molar-refractivity contribution in [1.82, 2.24) is 19.9 Å². The highest BCUT2D eigenvalue weighted by Crippen LogP contribution is 2.29. The highest BCUT2D eigenvalue weighted by molar-refractivity contribution is 5.77. The number of hydrogen-bond acceptors (Lipinski definition) is 5. The van der Waals surface area contributed by atoms with Crippen LogP contribution in [-0.2, 0) is 17.5 Å². The van der Waals surface area contributed by atoms with Gasteiger partial charge in [-0.15, -0.1) is 10.2 Å². The Kier molecular flexibility index (Phi) is 5.15. The molecular formula is C17H15F3N4O3. The molecule has 142 valence electrons. The monoisotopic (exact) mass is 380 g/mol. The number of carbonyl (C=O) groups excluding carboxylic acids is 1. The van der Waals surface area contributed by atoms with Crippen LogP contribution in [0.2, 0.25) is 0 Å². The Morgan fingerprint density at radius 1 is 1.15 bits per heavy atom. The molecule has 0 aliphatic carbocycles. The van der Waals surface area contributed by atoms with Crippen molar-refractivity contribution in [3.05, 3.63) is 54.0 Å². The topological polar surface area (TPSA) is 77.8 Å². The van der Waals surface area contributed by atoms with Crippen LogP contribution in [0.4, 0.5) is 13.2 Å². The molecule has 0 atom stereocenters. The third-order valence-electron chi connectivity index (χ3n) is 3.67. The lowest BCUT2D eigenvalue weighted by molar-refractivity contribution is -0.137. The number of para-hydroxylation sites is 2. The molecule has 0 radical (unpaired) electrons. The van der Waals surface area contributed by atoms with Crippen molar-refractivity contribution in [2.45, 2.75) is 12.7 Å². The SMILES string of the molecule is COc1ccccc1OCC(=O)NCc1nnc2ccc(C(F)(F)F)cn12. The number of fused-ring (bicyclic) bond motifs is 1. The Balaban J connectivity index is 1.63. The minimum absolute atomic E-state index is 0.101. The summed E-state index contributed by atoms with van der Waals surface area (Å²) in [7, 11) is 1.48. The van der Waals surface area contributed by atoms with Crippen LogP contribution in [0.25, 0.3) is 5.65 Å². The van der Waals surface area contributed by atoms with E-state index in [4.69, 9.17) is 9.47 Å². The molecule has 0 spiro atoms.